The van der Waals surface area contributed by atoms with Crippen molar-refractivity contribution in [2.45, 2.75) is 31.7 Å². The Morgan fingerprint density at radius 3 is 2.77 bits per heavy atom. The van der Waals surface area contributed by atoms with Crippen molar-refractivity contribution < 1.29 is 17.6 Å². The number of halogens is 1. The van der Waals surface area contributed by atoms with Gasteiger partial charge in [-0.15, -0.1) is 0 Å². The molecule has 0 bridgehead atoms. The molecule has 7 heteroatoms. The number of carbonyl (C=O) groups excluding carboxylic acids is 1. The lowest BCUT2D eigenvalue weighted by atomic mass is 10.0. The van der Waals surface area contributed by atoms with Crippen LogP contribution in [0.15, 0.2) is 24.3 Å². The van der Waals surface area contributed by atoms with Gasteiger partial charge in [-0.05, 0) is 30.9 Å². The first-order chi connectivity index (χ1) is 10.4. The first-order valence-corrected chi connectivity index (χ1v) is 9.22. The Morgan fingerprint density at radius 2 is 2.09 bits per heavy atom. The predicted molar refractivity (Wildman–Crippen MR) is 82.3 cm³/mol. The highest BCUT2D eigenvalue weighted by Gasteiger charge is 2.34. The van der Waals surface area contributed by atoms with Gasteiger partial charge < -0.3 is 5.32 Å². The molecule has 5 nitrogen and oxygen atoms in total. The van der Waals surface area contributed by atoms with Crippen molar-refractivity contribution >= 4 is 15.9 Å². The minimum atomic E-state index is -3.39. The van der Waals surface area contributed by atoms with Gasteiger partial charge in [-0.3, -0.25) is 4.79 Å². The third-order valence-corrected chi connectivity index (χ3v) is 5.12. The molecule has 1 fully saturated rings. The van der Waals surface area contributed by atoms with E-state index in [0.717, 1.165) is 19.1 Å². The highest BCUT2D eigenvalue weighted by Crippen LogP contribution is 2.20. The lowest BCUT2D eigenvalue weighted by Crippen LogP contribution is -2.51. The number of sulfonamides is 1. The number of nitrogens with zero attached hydrogens (tertiary/aromatic N) is 1. The van der Waals surface area contributed by atoms with E-state index in [2.05, 4.69) is 5.32 Å². The average Bonchev–Trinajstić information content (AvgIpc) is 2.48. The Kier molecular flexibility index (Phi) is 5.52. The summed E-state index contributed by atoms with van der Waals surface area (Å²) in [6.45, 7) is 0.665. The van der Waals surface area contributed by atoms with Crippen molar-refractivity contribution in [1.82, 2.24) is 9.62 Å². The quantitative estimate of drug-likeness (QED) is 0.886. The maximum atomic E-state index is 13.5. The fourth-order valence-electron chi connectivity index (χ4n) is 2.70. The van der Waals surface area contributed by atoms with Crippen LogP contribution in [0.3, 0.4) is 0 Å². The monoisotopic (exact) mass is 328 g/mol. The first-order valence-electron chi connectivity index (χ1n) is 7.37. The molecule has 0 spiro atoms. The van der Waals surface area contributed by atoms with Crippen LogP contribution in [0.1, 0.15) is 24.8 Å². The van der Waals surface area contributed by atoms with Gasteiger partial charge in [0, 0.05) is 13.1 Å². The van der Waals surface area contributed by atoms with Crippen molar-refractivity contribution in [3.8, 4) is 0 Å². The van der Waals surface area contributed by atoms with E-state index in [1.165, 1.54) is 10.4 Å². The van der Waals surface area contributed by atoms with E-state index < -0.39 is 16.1 Å². The molecule has 0 saturated carbocycles. The number of piperidine rings is 1. The Balaban J connectivity index is 1.92. The third-order valence-electron chi connectivity index (χ3n) is 3.83. The molecule has 122 valence electrons. The van der Waals surface area contributed by atoms with Crippen molar-refractivity contribution in [2.24, 2.45) is 0 Å². The summed E-state index contributed by atoms with van der Waals surface area (Å²) in [7, 11) is -3.39. The topological polar surface area (TPSA) is 66.5 Å². The van der Waals surface area contributed by atoms with Gasteiger partial charge in [0.2, 0.25) is 15.9 Å². The zero-order valence-corrected chi connectivity index (χ0v) is 13.4. The van der Waals surface area contributed by atoms with Crippen LogP contribution in [0.25, 0.3) is 0 Å². The summed E-state index contributed by atoms with van der Waals surface area (Å²) in [6, 6.07) is 5.76. The number of hydrogen-bond donors (Lipinski definition) is 1. The standard InChI is InChI=1S/C15H21FN2O3S/c1-22(20,21)18-11-5-4-8-14(18)15(19)17-10-9-12-6-2-3-7-13(12)16/h2-3,6-7,14H,4-5,8-11H2,1H3,(H,17,19)/t14-/m1/s1. The van der Waals surface area contributed by atoms with Crippen molar-refractivity contribution in [3.63, 3.8) is 0 Å². The van der Waals surface area contributed by atoms with E-state index >= 15 is 0 Å². The minimum absolute atomic E-state index is 0.286. The first kappa shape index (κ1) is 16.9. The van der Waals surface area contributed by atoms with Crippen LogP contribution in [0.4, 0.5) is 4.39 Å². The summed E-state index contributed by atoms with van der Waals surface area (Å²) in [5, 5.41) is 2.72. The number of amides is 1. The molecule has 1 amide bonds. The molecule has 0 aliphatic carbocycles. The zero-order valence-electron chi connectivity index (χ0n) is 12.6. The second-order valence-electron chi connectivity index (χ2n) is 5.52. The van der Waals surface area contributed by atoms with Gasteiger partial charge >= 0.3 is 0 Å². The number of carbonyl (C=O) groups is 1. The maximum absolute atomic E-state index is 13.5. The average molecular weight is 328 g/mol. The molecule has 0 unspecified atom stereocenters. The smallest absolute Gasteiger partial charge is 0.238 e. The Morgan fingerprint density at radius 1 is 1.36 bits per heavy atom. The van der Waals surface area contributed by atoms with Gasteiger partial charge in [0.05, 0.1) is 6.26 Å². The SMILES string of the molecule is CS(=O)(=O)N1CCCC[C@@H]1C(=O)NCCc1ccccc1F. The van der Waals surface area contributed by atoms with Crippen LogP contribution in [0.5, 0.6) is 0 Å². The van der Waals surface area contributed by atoms with Gasteiger partial charge in [0.1, 0.15) is 11.9 Å². The molecule has 1 heterocycles. The number of benzene rings is 1. The van der Waals surface area contributed by atoms with Crippen LogP contribution in [0, 0.1) is 5.82 Å². The minimum Gasteiger partial charge on any atom is -0.354 e. The molecule has 1 N–H and O–H groups in total. The predicted octanol–water partition coefficient (Wildman–Crippen LogP) is 1.30. The van der Waals surface area contributed by atoms with Gasteiger partial charge in [-0.1, -0.05) is 24.6 Å². The van der Waals surface area contributed by atoms with Gasteiger partial charge in [-0.2, -0.15) is 4.31 Å². The van der Waals surface area contributed by atoms with Gasteiger partial charge in [-0.25, -0.2) is 12.8 Å². The summed E-state index contributed by atoms with van der Waals surface area (Å²) < 4.78 is 38.2. The second kappa shape index (κ2) is 7.19. The van der Waals surface area contributed by atoms with E-state index in [1.807, 2.05) is 0 Å². The normalized spacial score (nSPS) is 19.8. The van der Waals surface area contributed by atoms with Gasteiger partial charge in [0.15, 0.2) is 0 Å². The van der Waals surface area contributed by atoms with Crippen LogP contribution < -0.4 is 5.32 Å². The van der Waals surface area contributed by atoms with Gasteiger partial charge in [0.25, 0.3) is 0 Å². The van der Waals surface area contributed by atoms with Crippen molar-refractivity contribution in [3.05, 3.63) is 35.6 Å². The number of nitrogens with one attached hydrogen (secondary N) is 1. The Hall–Kier alpha value is -1.47. The van der Waals surface area contributed by atoms with E-state index in [0.29, 0.717) is 24.9 Å². The van der Waals surface area contributed by atoms with Crippen LogP contribution >= 0.6 is 0 Å². The molecule has 1 atom stereocenters. The molecular formula is C15H21FN2O3S. The molecule has 1 aliphatic rings. The lowest BCUT2D eigenvalue weighted by molar-refractivity contribution is -0.125. The molecule has 0 aromatic heterocycles. The fraction of sp³-hybridized carbons (Fsp3) is 0.533. The van der Waals surface area contributed by atoms with Crippen LogP contribution in [-0.4, -0.2) is 44.0 Å². The zero-order chi connectivity index (χ0) is 16.2. The summed E-state index contributed by atoms with van der Waals surface area (Å²) >= 11 is 0. The Bertz CT molecular complexity index is 633. The highest BCUT2D eigenvalue weighted by molar-refractivity contribution is 7.88. The van der Waals surface area contributed by atoms with Crippen LogP contribution in [-0.2, 0) is 21.2 Å². The largest absolute Gasteiger partial charge is 0.354 e. The molecule has 22 heavy (non-hydrogen) atoms. The lowest BCUT2D eigenvalue weighted by Gasteiger charge is -2.32. The molecule has 0 radical (unpaired) electrons. The van der Waals surface area contributed by atoms with Crippen molar-refractivity contribution in [1.29, 1.82) is 0 Å². The summed E-state index contributed by atoms with van der Waals surface area (Å²) in [5.74, 6) is -0.603. The summed E-state index contributed by atoms with van der Waals surface area (Å²) in [5.41, 5.74) is 0.534. The summed E-state index contributed by atoms with van der Waals surface area (Å²) in [4.78, 5) is 12.2. The van der Waals surface area contributed by atoms with E-state index in [9.17, 15) is 17.6 Å². The second-order valence-corrected chi connectivity index (χ2v) is 7.45. The maximum Gasteiger partial charge on any atom is 0.238 e. The van der Waals surface area contributed by atoms with E-state index in [4.69, 9.17) is 0 Å². The molecule has 1 aliphatic heterocycles. The van der Waals surface area contributed by atoms with E-state index in [1.54, 1.807) is 18.2 Å². The molecule has 1 aromatic carbocycles. The molecule has 1 aromatic rings. The number of hydrogen-bond acceptors (Lipinski definition) is 3. The van der Waals surface area contributed by atoms with Crippen molar-refractivity contribution in [2.75, 3.05) is 19.3 Å². The summed E-state index contributed by atoms with van der Waals surface area (Å²) in [6.07, 6.45) is 3.63. The molecule has 1 saturated heterocycles. The molecule has 2 rings (SSSR count). The highest BCUT2D eigenvalue weighted by atomic mass is 32.2. The van der Waals surface area contributed by atoms with E-state index in [-0.39, 0.29) is 18.3 Å². The number of rotatable bonds is 5. The fourth-order valence-corrected chi connectivity index (χ4v) is 3.83. The van der Waals surface area contributed by atoms with Crippen LogP contribution in [0.2, 0.25) is 0 Å². The molecular weight excluding hydrogens is 307 g/mol. The Labute approximate surface area is 130 Å². The third kappa shape index (κ3) is 4.27.